The molecule has 2 aromatic heterocycles. The van der Waals surface area contributed by atoms with E-state index in [1.165, 1.54) is 28.0 Å². The summed E-state index contributed by atoms with van der Waals surface area (Å²) in [5, 5.41) is 17.0. The fourth-order valence-electron chi connectivity index (χ4n) is 2.43. The molecule has 0 saturated carbocycles. The van der Waals surface area contributed by atoms with Crippen molar-refractivity contribution in [1.82, 2.24) is 10.2 Å². The minimum Gasteiger partial charge on any atom is -0.497 e. The molecular weight excluding hydrogens is 428 g/mol. The lowest BCUT2D eigenvalue weighted by Gasteiger charge is -2.14. The van der Waals surface area contributed by atoms with Crippen molar-refractivity contribution in [3.05, 3.63) is 40.6 Å². The van der Waals surface area contributed by atoms with Crippen molar-refractivity contribution in [1.29, 1.82) is 0 Å². The lowest BCUT2D eigenvalue weighted by Crippen LogP contribution is -2.22. The Morgan fingerprint density at radius 1 is 1.24 bits per heavy atom. The maximum Gasteiger partial charge on any atom is 0.237 e. The van der Waals surface area contributed by atoms with E-state index in [0.717, 1.165) is 22.4 Å². The number of thiophene rings is 1. The van der Waals surface area contributed by atoms with Crippen molar-refractivity contribution in [3.63, 3.8) is 0 Å². The summed E-state index contributed by atoms with van der Waals surface area (Å²) in [5.41, 5.74) is 0.567. The number of carbonyl (C=O) groups excluding carboxylic acids is 1. The highest BCUT2D eigenvalue weighted by molar-refractivity contribution is 8.02. The number of amides is 1. The second-order valence-electron chi connectivity index (χ2n) is 5.94. The normalized spacial score (nSPS) is 11.7. The summed E-state index contributed by atoms with van der Waals surface area (Å²) in [6.07, 6.45) is 0.945. The van der Waals surface area contributed by atoms with Gasteiger partial charge in [-0.1, -0.05) is 29.2 Å². The molecule has 0 spiro atoms. The van der Waals surface area contributed by atoms with Gasteiger partial charge in [-0.15, -0.1) is 21.5 Å². The van der Waals surface area contributed by atoms with Crippen LogP contribution in [0.15, 0.2) is 40.1 Å². The SMILES string of the molecule is COc1ccc(OC)c(NC(=O)C(C)Sc2nnc(NCCc3cccs3)s2)c1. The average Bonchev–Trinajstić information content (AvgIpc) is 3.40. The first-order chi connectivity index (χ1) is 14.1. The number of nitrogens with zero attached hydrogens (tertiary/aromatic N) is 2. The molecule has 29 heavy (non-hydrogen) atoms. The molecule has 0 radical (unpaired) electrons. The van der Waals surface area contributed by atoms with Gasteiger partial charge in [-0.05, 0) is 36.9 Å². The summed E-state index contributed by atoms with van der Waals surface area (Å²) < 4.78 is 11.3. The molecule has 1 amide bonds. The third-order valence-electron chi connectivity index (χ3n) is 3.95. The molecule has 0 fully saturated rings. The summed E-state index contributed by atoms with van der Waals surface area (Å²) in [6.45, 7) is 2.63. The van der Waals surface area contributed by atoms with Gasteiger partial charge in [0.2, 0.25) is 11.0 Å². The molecule has 0 aliphatic heterocycles. The van der Waals surface area contributed by atoms with Gasteiger partial charge in [0.15, 0.2) is 4.34 Å². The lowest BCUT2D eigenvalue weighted by atomic mass is 10.2. The molecule has 0 saturated heterocycles. The fraction of sp³-hybridized carbons (Fsp3) is 0.316. The van der Waals surface area contributed by atoms with E-state index >= 15 is 0 Å². The van der Waals surface area contributed by atoms with Crippen LogP contribution in [0.1, 0.15) is 11.8 Å². The van der Waals surface area contributed by atoms with Crippen molar-refractivity contribution >= 4 is 51.2 Å². The molecule has 2 N–H and O–H groups in total. The number of nitrogens with one attached hydrogen (secondary N) is 2. The van der Waals surface area contributed by atoms with Crippen LogP contribution in [0.3, 0.4) is 0 Å². The molecule has 2 heterocycles. The van der Waals surface area contributed by atoms with Gasteiger partial charge >= 0.3 is 0 Å². The Morgan fingerprint density at radius 2 is 2.10 bits per heavy atom. The second kappa shape index (κ2) is 10.5. The van der Waals surface area contributed by atoms with E-state index < -0.39 is 0 Å². The Morgan fingerprint density at radius 3 is 2.83 bits per heavy atom. The van der Waals surface area contributed by atoms with Crippen LogP contribution >= 0.6 is 34.4 Å². The quantitative estimate of drug-likeness (QED) is 0.443. The number of rotatable bonds is 10. The van der Waals surface area contributed by atoms with E-state index in [0.29, 0.717) is 17.2 Å². The second-order valence-corrected chi connectivity index (χ2v) is 9.54. The van der Waals surface area contributed by atoms with Gasteiger partial charge in [0.05, 0.1) is 25.2 Å². The maximum atomic E-state index is 12.6. The molecule has 7 nitrogen and oxygen atoms in total. The first-order valence-electron chi connectivity index (χ1n) is 8.88. The Labute approximate surface area is 181 Å². The third-order valence-corrected chi connectivity index (χ3v) is 6.95. The largest absolute Gasteiger partial charge is 0.497 e. The summed E-state index contributed by atoms with van der Waals surface area (Å²) in [6, 6.07) is 9.43. The number of thioether (sulfide) groups is 1. The molecule has 0 aliphatic carbocycles. The van der Waals surface area contributed by atoms with Gasteiger partial charge in [-0.3, -0.25) is 4.79 Å². The van der Waals surface area contributed by atoms with Crippen molar-refractivity contribution in [2.45, 2.75) is 22.9 Å². The number of hydrogen-bond donors (Lipinski definition) is 2. The summed E-state index contributed by atoms with van der Waals surface area (Å²) in [5.74, 6) is 1.07. The topological polar surface area (TPSA) is 85.4 Å². The standard InChI is InChI=1S/C19H22N4O3S3/c1-12(17(24)21-15-11-13(25-2)6-7-16(15)26-3)28-19-23-22-18(29-19)20-9-8-14-5-4-10-27-14/h4-7,10-12H,8-9H2,1-3H3,(H,20,22)(H,21,24). The molecule has 1 atom stereocenters. The van der Waals surface area contributed by atoms with Crippen LogP contribution in [0.2, 0.25) is 0 Å². The summed E-state index contributed by atoms with van der Waals surface area (Å²) in [4.78, 5) is 13.9. The van der Waals surface area contributed by atoms with Gasteiger partial charge in [-0.2, -0.15) is 0 Å². The third kappa shape index (κ3) is 6.09. The first-order valence-corrected chi connectivity index (χ1v) is 11.5. The van der Waals surface area contributed by atoms with E-state index in [1.54, 1.807) is 43.8 Å². The molecule has 1 aromatic carbocycles. The minimum absolute atomic E-state index is 0.149. The van der Waals surface area contributed by atoms with Crippen molar-refractivity contribution in [2.24, 2.45) is 0 Å². The zero-order chi connectivity index (χ0) is 20.6. The van der Waals surface area contributed by atoms with Crippen LogP contribution < -0.4 is 20.1 Å². The average molecular weight is 451 g/mol. The van der Waals surface area contributed by atoms with E-state index in [1.807, 2.05) is 13.0 Å². The number of anilines is 2. The van der Waals surface area contributed by atoms with E-state index in [4.69, 9.17) is 9.47 Å². The van der Waals surface area contributed by atoms with Crippen LogP contribution in [-0.2, 0) is 11.2 Å². The molecule has 154 valence electrons. The maximum absolute atomic E-state index is 12.6. The van der Waals surface area contributed by atoms with Gasteiger partial charge < -0.3 is 20.1 Å². The zero-order valence-corrected chi connectivity index (χ0v) is 18.7. The van der Waals surface area contributed by atoms with Crippen LogP contribution in [0.4, 0.5) is 10.8 Å². The van der Waals surface area contributed by atoms with Gasteiger partial charge in [0, 0.05) is 17.5 Å². The minimum atomic E-state index is -0.349. The molecule has 0 aliphatic rings. The van der Waals surface area contributed by atoms with Crippen LogP contribution in [0.5, 0.6) is 11.5 Å². The number of aromatic nitrogens is 2. The molecule has 1 unspecified atom stereocenters. The van der Waals surface area contributed by atoms with Crippen LogP contribution in [0.25, 0.3) is 0 Å². The first kappa shape index (κ1) is 21.4. The van der Waals surface area contributed by atoms with Gasteiger partial charge in [0.25, 0.3) is 0 Å². The molecule has 10 heteroatoms. The predicted octanol–water partition coefficient (Wildman–Crippen LogP) is 4.39. The van der Waals surface area contributed by atoms with Crippen molar-refractivity contribution < 1.29 is 14.3 Å². The molecule has 0 bridgehead atoms. The zero-order valence-electron chi connectivity index (χ0n) is 16.3. The monoisotopic (exact) mass is 450 g/mol. The smallest absolute Gasteiger partial charge is 0.237 e. The van der Waals surface area contributed by atoms with Crippen LogP contribution in [-0.4, -0.2) is 42.1 Å². The lowest BCUT2D eigenvalue weighted by molar-refractivity contribution is -0.115. The number of hydrogen-bond acceptors (Lipinski definition) is 9. The number of benzene rings is 1. The summed E-state index contributed by atoms with van der Waals surface area (Å²) in [7, 11) is 3.14. The predicted molar refractivity (Wildman–Crippen MR) is 120 cm³/mol. The fourth-order valence-corrected chi connectivity index (χ4v) is 5.06. The van der Waals surface area contributed by atoms with Gasteiger partial charge in [-0.25, -0.2) is 0 Å². The molecule has 3 rings (SSSR count). The highest BCUT2D eigenvalue weighted by atomic mass is 32.2. The number of carbonyl (C=O) groups is 1. The van der Waals surface area contributed by atoms with E-state index in [2.05, 4.69) is 32.3 Å². The molecular formula is C19H22N4O3S3. The number of ether oxygens (including phenoxy) is 2. The highest BCUT2D eigenvalue weighted by Crippen LogP contribution is 2.32. The molecule has 3 aromatic rings. The van der Waals surface area contributed by atoms with Crippen molar-refractivity contribution in [3.8, 4) is 11.5 Å². The van der Waals surface area contributed by atoms with Gasteiger partial charge in [0.1, 0.15) is 11.5 Å². The van der Waals surface area contributed by atoms with Crippen molar-refractivity contribution in [2.75, 3.05) is 31.4 Å². The summed E-state index contributed by atoms with van der Waals surface area (Å²) >= 11 is 4.56. The number of methoxy groups -OCH3 is 2. The Kier molecular flexibility index (Phi) is 7.73. The Hall–Kier alpha value is -2.30. The highest BCUT2D eigenvalue weighted by Gasteiger charge is 2.19. The Balaban J connectivity index is 1.52. The van der Waals surface area contributed by atoms with E-state index in [-0.39, 0.29) is 11.2 Å². The van der Waals surface area contributed by atoms with E-state index in [9.17, 15) is 4.79 Å². The van der Waals surface area contributed by atoms with Crippen LogP contribution in [0, 0.1) is 0 Å². The Bertz CT molecular complexity index is 931.